The number of nitrogens with zero attached hydrogens (tertiary/aromatic N) is 2. The minimum Gasteiger partial charge on any atom is -0.491 e. The van der Waals surface area contributed by atoms with E-state index >= 15 is 0 Å². The highest BCUT2D eigenvalue weighted by molar-refractivity contribution is 6.31. The molecule has 1 aromatic heterocycles. The van der Waals surface area contributed by atoms with Crippen LogP contribution in [0.1, 0.15) is 53.8 Å². The van der Waals surface area contributed by atoms with Gasteiger partial charge in [-0.25, -0.2) is 0 Å². The maximum Gasteiger partial charge on any atom is 0.255 e. The van der Waals surface area contributed by atoms with E-state index in [-0.39, 0.29) is 36.9 Å². The molecule has 0 saturated heterocycles. The summed E-state index contributed by atoms with van der Waals surface area (Å²) in [7, 11) is 0. The average Bonchev–Trinajstić information content (AvgIpc) is 2.90. The van der Waals surface area contributed by atoms with Crippen LogP contribution in [0.3, 0.4) is 0 Å². The maximum atomic E-state index is 13.7. The molecule has 0 saturated carbocycles. The molecule has 2 N–H and O–H groups in total. The first-order valence-electron chi connectivity index (χ1n) is 12.9. The third-order valence-electron chi connectivity index (χ3n) is 6.39. The van der Waals surface area contributed by atoms with Gasteiger partial charge in [0.05, 0.1) is 23.7 Å². The van der Waals surface area contributed by atoms with E-state index in [0.29, 0.717) is 60.2 Å². The zero-order chi connectivity index (χ0) is 27.1. The predicted octanol–water partition coefficient (Wildman–Crippen LogP) is 4.46. The number of pyridine rings is 1. The van der Waals surface area contributed by atoms with Crippen molar-refractivity contribution in [2.24, 2.45) is 5.92 Å². The topological polar surface area (TPSA) is 101 Å². The standard InChI is InChI=1S/C29H33ClN4O4/c1-19(2)15-21-18-38-26-11-10-20(30)16-24(26)28(36)32-12-3-4-14-34(17-27(35)33-21)29(37)23-7-5-9-25-22(23)8-6-13-31-25/h5-11,13,16,19,21H,3-4,12,14-15,17-18H2,1-2H3,(H,32,36)(H,33,35)/t21-/m1/s1. The summed E-state index contributed by atoms with van der Waals surface area (Å²) >= 11 is 6.15. The van der Waals surface area contributed by atoms with E-state index in [1.54, 1.807) is 47.5 Å². The molecule has 0 unspecified atom stereocenters. The fourth-order valence-electron chi connectivity index (χ4n) is 4.62. The summed E-state index contributed by atoms with van der Waals surface area (Å²) in [6.07, 6.45) is 3.59. The van der Waals surface area contributed by atoms with Crippen LogP contribution in [-0.4, -0.2) is 59.9 Å². The Balaban J connectivity index is 1.59. The molecule has 3 amide bonds. The van der Waals surface area contributed by atoms with Crippen LogP contribution in [0.15, 0.2) is 54.7 Å². The van der Waals surface area contributed by atoms with E-state index in [9.17, 15) is 14.4 Å². The molecule has 0 spiro atoms. The highest BCUT2D eigenvalue weighted by Crippen LogP contribution is 2.24. The molecule has 1 aliphatic rings. The molecule has 200 valence electrons. The fraction of sp³-hybridized carbons (Fsp3) is 0.379. The number of ether oxygens (including phenoxy) is 1. The third-order valence-corrected chi connectivity index (χ3v) is 6.62. The van der Waals surface area contributed by atoms with Crippen LogP contribution in [0.25, 0.3) is 10.9 Å². The SMILES string of the molecule is CC(C)C[C@@H]1COc2ccc(Cl)cc2C(=O)NCCCCN(C(=O)c2cccc3ncccc23)CC(=O)N1. The van der Waals surface area contributed by atoms with Gasteiger partial charge < -0.3 is 20.3 Å². The fourth-order valence-corrected chi connectivity index (χ4v) is 4.79. The number of carbonyl (C=O) groups excluding carboxylic acids is 3. The molecule has 0 radical (unpaired) electrons. The Kier molecular flexibility index (Phi) is 9.18. The van der Waals surface area contributed by atoms with Crippen molar-refractivity contribution in [1.82, 2.24) is 20.5 Å². The van der Waals surface area contributed by atoms with Gasteiger partial charge in [-0.1, -0.05) is 37.6 Å². The van der Waals surface area contributed by atoms with Crippen molar-refractivity contribution < 1.29 is 19.1 Å². The third kappa shape index (κ3) is 7.01. The van der Waals surface area contributed by atoms with Gasteiger partial charge in [0.25, 0.3) is 11.8 Å². The van der Waals surface area contributed by atoms with Crippen molar-refractivity contribution in [2.75, 3.05) is 26.2 Å². The minimum absolute atomic E-state index is 0.0807. The second-order valence-electron chi connectivity index (χ2n) is 9.91. The van der Waals surface area contributed by atoms with Crippen LogP contribution in [-0.2, 0) is 4.79 Å². The number of carbonyl (C=O) groups is 3. The number of aromatic nitrogens is 1. The highest BCUT2D eigenvalue weighted by Gasteiger charge is 2.24. The Hall–Kier alpha value is -3.65. The van der Waals surface area contributed by atoms with Gasteiger partial charge in [0.1, 0.15) is 12.4 Å². The van der Waals surface area contributed by atoms with E-state index in [4.69, 9.17) is 16.3 Å². The predicted molar refractivity (Wildman–Crippen MR) is 148 cm³/mol. The summed E-state index contributed by atoms with van der Waals surface area (Å²) in [4.78, 5) is 45.7. The number of rotatable bonds is 3. The van der Waals surface area contributed by atoms with Crippen LogP contribution >= 0.6 is 11.6 Å². The molecule has 38 heavy (non-hydrogen) atoms. The lowest BCUT2D eigenvalue weighted by molar-refractivity contribution is -0.122. The van der Waals surface area contributed by atoms with Gasteiger partial charge in [0.2, 0.25) is 5.91 Å². The number of amides is 3. The van der Waals surface area contributed by atoms with Crippen LogP contribution < -0.4 is 15.4 Å². The molecule has 1 aliphatic heterocycles. The summed E-state index contributed by atoms with van der Waals surface area (Å²) in [6, 6.07) is 13.7. The maximum absolute atomic E-state index is 13.7. The molecule has 8 nitrogen and oxygen atoms in total. The van der Waals surface area contributed by atoms with E-state index in [1.165, 1.54) is 0 Å². The Morgan fingerprint density at radius 3 is 2.82 bits per heavy atom. The average molecular weight is 537 g/mol. The largest absolute Gasteiger partial charge is 0.491 e. The molecule has 3 aromatic rings. The Bertz CT molecular complexity index is 1310. The Morgan fingerprint density at radius 2 is 2.00 bits per heavy atom. The summed E-state index contributed by atoms with van der Waals surface area (Å²) in [5.41, 5.74) is 1.57. The molecular weight excluding hydrogens is 504 g/mol. The molecule has 4 rings (SSSR count). The van der Waals surface area contributed by atoms with Crippen LogP contribution in [0.4, 0.5) is 0 Å². The zero-order valence-corrected chi connectivity index (χ0v) is 22.5. The lowest BCUT2D eigenvalue weighted by Crippen LogP contribution is -2.46. The molecule has 9 heteroatoms. The monoisotopic (exact) mass is 536 g/mol. The second-order valence-corrected chi connectivity index (χ2v) is 10.3. The number of hydrogen-bond acceptors (Lipinski definition) is 5. The van der Waals surface area contributed by atoms with Crippen LogP contribution in [0.2, 0.25) is 5.02 Å². The van der Waals surface area contributed by atoms with E-state index in [2.05, 4.69) is 29.5 Å². The smallest absolute Gasteiger partial charge is 0.255 e. The molecular formula is C29H33ClN4O4. The number of nitrogens with one attached hydrogen (secondary N) is 2. The highest BCUT2D eigenvalue weighted by atomic mass is 35.5. The first-order chi connectivity index (χ1) is 18.3. The van der Waals surface area contributed by atoms with E-state index in [1.807, 2.05) is 12.1 Å². The van der Waals surface area contributed by atoms with Crippen molar-refractivity contribution in [2.45, 2.75) is 39.2 Å². The molecule has 0 bridgehead atoms. The lowest BCUT2D eigenvalue weighted by atomic mass is 10.0. The van der Waals surface area contributed by atoms with Crippen molar-refractivity contribution >= 4 is 40.2 Å². The van der Waals surface area contributed by atoms with Crippen molar-refractivity contribution in [3.8, 4) is 5.75 Å². The molecule has 0 fully saturated rings. The van der Waals surface area contributed by atoms with Gasteiger partial charge in [-0.2, -0.15) is 0 Å². The Morgan fingerprint density at radius 1 is 1.16 bits per heavy atom. The normalized spacial score (nSPS) is 17.6. The lowest BCUT2D eigenvalue weighted by Gasteiger charge is -2.26. The van der Waals surface area contributed by atoms with Crippen molar-refractivity contribution in [3.05, 3.63) is 70.9 Å². The van der Waals surface area contributed by atoms with Crippen molar-refractivity contribution in [1.29, 1.82) is 0 Å². The summed E-state index contributed by atoms with van der Waals surface area (Å²) in [5.74, 6) is -0.0683. The van der Waals surface area contributed by atoms with Crippen LogP contribution in [0.5, 0.6) is 5.75 Å². The molecule has 0 aliphatic carbocycles. The van der Waals surface area contributed by atoms with Gasteiger partial charge in [-0.3, -0.25) is 19.4 Å². The van der Waals surface area contributed by atoms with E-state index < -0.39 is 0 Å². The van der Waals surface area contributed by atoms with Crippen LogP contribution in [0, 0.1) is 5.92 Å². The zero-order valence-electron chi connectivity index (χ0n) is 21.7. The number of halogens is 1. The molecule has 1 atom stereocenters. The second kappa shape index (κ2) is 12.7. The van der Waals surface area contributed by atoms with Crippen molar-refractivity contribution in [3.63, 3.8) is 0 Å². The minimum atomic E-state index is -0.307. The first kappa shape index (κ1) is 27.4. The summed E-state index contributed by atoms with van der Waals surface area (Å²) in [5, 5.41) is 7.14. The van der Waals surface area contributed by atoms with Gasteiger partial charge >= 0.3 is 0 Å². The van der Waals surface area contributed by atoms with E-state index in [0.717, 1.165) is 10.9 Å². The molecule has 2 heterocycles. The Labute approximate surface area is 227 Å². The summed E-state index contributed by atoms with van der Waals surface area (Å²) < 4.78 is 6.02. The van der Waals surface area contributed by atoms with Gasteiger partial charge in [-0.05, 0) is 61.6 Å². The number of benzene rings is 2. The summed E-state index contributed by atoms with van der Waals surface area (Å²) in [6.45, 7) is 5.00. The quantitative estimate of drug-likeness (QED) is 0.514. The van der Waals surface area contributed by atoms with Gasteiger partial charge in [0.15, 0.2) is 0 Å². The molecule has 2 aromatic carbocycles. The van der Waals surface area contributed by atoms with Gasteiger partial charge in [0, 0.05) is 35.3 Å². The first-order valence-corrected chi connectivity index (χ1v) is 13.3. The van der Waals surface area contributed by atoms with Gasteiger partial charge in [-0.15, -0.1) is 0 Å². The number of fused-ring (bicyclic) bond motifs is 2. The number of hydrogen-bond donors (Lipinski definition) is 2.